The van der Waals surface area contributed by atoms with Crippen molar-refractivity contribution in [2.75, 3.05) is 12.3 Å². The lowest BCUT2D eigenvalue weighted by Crippen LogP contribution is -2.35. The van der Waals surface area contributed by atoms with E-state index in [0.29, 0.717) is 0 Å². The van der Waals surface area contributed by atoms with Crippen LogP contribution < -0.4 is 10.0 Å². The molecular weight excluding hydrogens is 400 g/mol. The lowest BCUT2D eigenvalue weighted by Gasteiger charge is -2.09. The van der Waals surface area contributed by atoms with Gasteiger partial charge in [0.25, 0.3) is 0 Å². The third-order valence-corrected chi connectivity index (χ3v) is 6.14. The predicted octanol–water partition coefficient (Wildman–Crippen LogP) is 2.27. The Kier molecular flexibility index (Phi) is 7.02. The van der Waals surface area contributed by atoms with Gasteiger partial charge in [-0.1, -0.05) is 48.5 Å². The minimum atomic E-state index is -3.48. The van der Waals surface area contributed by atoms with Crippen LogP contribution in [0.25, 0.3) is 5.69 Å². The van der Waals surface area contributed by atoms with Crippen molar-refractivity contribution in [3.8, 4) is 5.69 Å². The lowest BCUT2D eigenvalue weighted by atomic mass is 10.1. The molecule has 2 aromatic carbocycles. The van der Waals surface area contributed by atoms with Crippen LogP contribution >= 0.6 is 0 Å². The smallest absolute Gasteiger partial charge is 0.224 e. The minimum absolute atomic E-state index is 0.0495. The van der Waals surface area contributed by atoms with E-state index in [4.69, 9.17) is 0 Å². The highest BCUT2D eigenvalue weighted by Gasteiger charge is 2.16. The van der Waals surface area contributed by atoms with Crippen molar-refractivity contribution in [2.45, 2.75) is 26.8 Å². The maximum absolute atomic E-state index is 12.4. The normalized spacial score (nSPS) is 11.4. The number of nitrogens with zero attached hydrogens (tertiary/aromatic N) is 2. The Balaban J connectivity index is 1.52. The van der Waals surface area contributed by atoms with Crippen LogP contribution in [0, 0.1) is 13.8 Å². The van der Waals surface area contributed by atoms with Crippen molar-refractivity contribution in [3.05, 3.63) is 83.2 Å². The SMILES string of the molecule is Cc1nn(-c2ccccc2)c(C)c1CC(=O)NCCS(=O)(=O)NCc1ccccc1. The number of nitrogens with one attached hydrogen (secondary N) is 2. The van der Waals surface area contributed by atoms with Gasteiger partial charge in [-0.3, -0.25) is 4.79 Å². The van der Waals surface area contributed by atoms with E-state index in [0.717, 1.165) is 28.2 Å². The maximum atomic E-state index is 12.4. The van der Waals surface area contributed by atoms with Gasteiger partial charge in [0, 0.05) is 24.3 Å². The second kappa shape index (κ2) is 9.69. The molecule has 3 rings (SSSR count). The van der Waals surface area contributed by atoms with Crippen LogP contribution in [0.4, 0.5) is 0 Å². The number of aromatic nitrogens is 2. The van der Waals surface area contributed by atoms with E-state index in [-0.39, 0.29) is 31.2 Å². The molecule has 2 N–H and O–H groups in total. The summed E-state index contributed by atoms with van der Waals surface area (Å²) in [5.74, 6) is -0.403. The summed E-state index contributed by atoms with van der Waals surface area (Å²) in [6, 6.07) is 19.0. The monoisotopic (exact) mass is 426 g/mol. The van der Waals surface area contributed by atoms with Gasteiger partial charge < -0.3 is 5.32 Å². The molecule has 0 spiro atoms. The molecule has 0 bridgehead atoms. The highest BCUT2D eigenvalue weighted by atomic mass is 32.2. The molecule has 3 aromatic rings. The summed E-state index contributed by atoms with van der Waals surface area (Å²) in [5, 5.41) is 7.23. The van der Waals surface area contributed by atoms with E-state index in [1.54, 1.807) is 0 Å². The van der Waals surface area contributed by atoms with Crippen molar-refractivity contribution in [1.82, 2.24) is 19.8 Å². The summed E-state index contributed by atoms with van der Waals surface area (Å²) in [5.41, 5.74) is 4.34. The van der Waals surface area contributed by atoms with Gasteiger partial charge in [-0.15, -0.1) is 0 Å². The van der Waals surface area contributed by atoms with Gasteiger partial charge in [-0.2, -0.15) is 5.10 Å². The standard InChI is InChI=1S/C22H26N4O3S/c1-17-21(18(2)26(25-17)20-11-7-4-8-12-20)15-22(27)23-13-14-30(28,29)24-16-19-9-5-3-6-10-19/h3-12,24H,13-16H2,1-2H3,(H,23,27). The fraction of sp³-hybridized carbons (Fsp3) is 0.273. The maximum Gasteiger partial charge on any atom is 0.224 e. The van der Waals surface area contributed by atoms with Crippen molar-refractivity contribution >= 4 is 15.9 Å². The number of hydrogen-bond donors (Lipinski definition) is 2. The van der Waals surface area contributed by atoms with E-state index in [9.17, 15) is 13.2 Å². The van der Waals surface area contributed by atoms with Crippen LogP contribution in [0.15, 0.2) is 60.7 Å². The Morgan fingerprint density at radius 1 is 1.00 bits per heavy atom. The van der Waals surface area contributed by atoms with Crippen molar-refractivity contribution in [2.24, 2.45) is 0 Å². The van der Waals surface area contributed by atoms with Crippen molar-refractivity contribution in [3.63, 3.8) is 0 Å². The van der Waals surface area contributed by atoms with Gasteiger partial charge in [0.2, 0.25) is 15.9 Å². The Hall–Kier alpha value is -2.97. The summed E-state index contributed by atoms with van der Waals surface area (Å²) in [7, 11) is -3.48. The van der Waals surface area contributed by atoms with E-state index in [1.165, 1.54) is 0 Å². The zero-order chi connectivity index (χ0) is 21.6. The van der Waals surface area contributed by atoms with Gasteiger partial charge in [0.05, 0.1) is 23.6 Å². The number of rotatable bonds is 9. The van der Waals surface area contributed by atoms with Gasteiger partial charge in [0.1, 0.15) is 0 Å². The molecule has 0 radical (unpaired) electrons. The quantitative estimate of drug-likeness (QED) is 0.549. The minimum Gasteiger partial charge on any atom is -0.355 e. The first kappa shape index (κ1) is 21.7. The van der Waals surface area contributed by atoms with E-state index >= 15 is 0 Å². The average molecular weight is 427 g/mol. The summed E-state index contributed by atoms with van der Waals surface area (Å²) in [6.07, 6.45) is 0.155. The predicted molar refractivity (Wildman–Crippen MR) is 117 cm³/mol. The second-order valence-corrected chi connectivity index (χ2v) is 8.98. The molecule has 0 aliphatic carbocycles. The average Bonchev–Trinajstić information content (AvgIpc) is 3.02. The molecular formula is C22H26N4O3S. The van der Waals surface area contributed by atoms with Gasteiger partial charge in [-0.05, 0) is 31.5 Å². The lowest BCUT2D eigenvalue weighted by molar-refractivity contribution is -0.120. The molecule has 0 fully saturated rings. The van der Waals surface area contributed by atoms with Gasteiger partial charge >= 0.3 is 0 Å². The molecule has 0 aliphatic rings. The molecule has 0 saturated heterocycles. The Morgan fingerprint density at radius 3 is 2.30 bits per heavy atom. The van der Waals surface area contributed by atoms with Crippen molar-refractivity contribution in [1.29, 1.82) is 0 Å². The highest BCUT2D eigenvalue weighted by Crippen LogP contribution is 2.18. The van der Waals surface area contributed by atoms with Gasteiger partial charge in [-0.25, -0.2) is 17.8 Å². The Bertz CT molecular complexity index is 1090. The molecule has 0 atom stereocenters. The molecule has 1 aromatic heterocycles. The van der Waals surface area contributed by atoms with Crippen LogP contribution in [0.3, 0.4) is 0 Å². The molecule has 0 saturated carbocycles. The van der Waals surface area contributed by atoms with Crippen LogP contribution in [-0.2, 0) is 27.8 Å². The van der Waals surface area contributed by atoms with Crippen molar-refractivity contribution < 1.29 is 13.2 Å². The van der Waals surface area contributed by atoms with Crippen LogP contribution in [-0.4, -0.2) is 36.4 Å². The molecule has 0 aliphatic heterocycles. The summed E-state index contributed by atoms with van der Waals surface area (Å²) < 4.78 is 28.6. The molecule has 1 amide bonds. The van der Waals surface area contributed by atoms with E-state index < -0.39 is 10.0 Å². The van der Waals surface area contributed by atoms with E-state index in [2.05, 4.69) is 15.1 Å². The van der Waals surface area contributed by atoms with Crippen LogP contribution in [0.1, 0.15) is 22.5 Å². The third-order valence-electron chi connectivity index (χ3n) is 4.81. The number of para-hydroxylation sites is 1. The fourth-order valence-electron chi connectivity index (χ4n) is 3.16. The molecule has 30 heavy (non-hydrogen) atoms. The summed E-state index contributed by atoms with van der Waals surface area (Å²) in [6.45, 7) is 4.07. The Morgan fingerprint density at radius 2 is 1.63 bits per heavy atom. The number of aryl methyl sites for hydroxylation is 1. The second-order valence-electron chi connectivity index (χ2n) is 7.05. The molecule has 1 heterocycles. The fourth-order valence-corrected chi connectivity index (χ4v) is 4.06. The van der Waals surface area contributed by atoms with Gasteiger partial charge in [0.15, 0.2) is 0 Å². The number of hydrogen-bond acceptors (Lipinski definition) is 4. The summed E-state index contributed by atoms with van der Waals surface area (Å²) in [4.78, 5) is 12.4. The number of amides is 1. The molecule has 0 unspecified atom stereocenters. The first-order valence-corrected chi connectivity index (χ1v) is 11.4. The topological polar surface area (TPSA) is 93.1 Å². The Labute approximate surface area is 177 Å². The number of benzene rings is 2. The first-order chi connectivity index (χ1) is 14.4. The third kappa shape index (κ3) is 5.77. The van der Waals surface area contributed by atoms with E-state index in [1.807, 2.05) is 79.2 Å². The van der Waals surface area contributed by atoms with Crippen LogP contribution in [0.5, 0.6) is 0 Å². The number of carbonyl (C=O) groups excluding carboxylic acids is 1. The molecule has 8 heteroatoms. The number of sulfonamides is 1. The summed E-state index contributed by atoms with van der Waals surface area (Å²) >= 11 is 0. The largest absolute Gasteiger partial charge is 0.355 e. The molecule has 158 valence electrons. The highest BCUT2D eigenvalue weighted by molar-refractivity contribution is 7.89. The number of carbonyl (C=O) groups is 1. The zero-order valence-electron chi connectivity index (χ0n) is 17.1. The molecule has 7 nitrogen and oxygen atoms in total. The first-order valence-electron chi connectivity index (χ1n) is 9.74. The van der Waals surface area contributed by atoms with Crippen LogP contribution in [0.2, 0.25) is 0 Å². The zero-order valence-corrected chi connectivity index (χ0v) is 17.9.